The summed E-state index contributed by atoms with van der Waals surface area (Å²) in [6, 6.07) is 7.01. The first-order chi connectivity index (χ1) is 11.5. The number of nitrogens with zero attached hydrogens (tertiary/aromatic N) is 2. The van der Waals surface area contributed by atoms with E-state index in [9.17, 15) is 14.4 Å². The first-order valence-electron chi connectivity index (χ1n) is 8.07. The number of anilines is 1. The van der Waals surface area contributed by atoms with Gasteiger partial charge in [-0.3, -0.25) is 14.4 Å². The Kier molecular flexibility index (Phi) is 6.20. The highest BCUT2D eigenvalue weighted by Crippen LogP contribution is 2.28. The van der Waals surface area contributed by atoms with Gasteiger partial charge in [0.1, 0.15) is 0 Å². The lowest BCUT2D eigenvalue weighted by Crippen LogP contribution is -2.43. The minimum atomic E-state index is -0.439. The highest BCUT2D eigenvalue weighted by molar-refractivity contribution is 6.31. The van der Waals surface area contributed by atoms with Crippen molar-refractivity contribution in [1.29, 1.82) is 0 Å². The Hall–Kier alpha value is -2.08. The number of hydrogen-bond acceptors (Lipinski definition) is 3. The molecule has 1 fully saturated rings. The number of rotatable bonds is 6. The molecule has 6 nitrogen and oxygen atoms in total. The van der Waals surface area contributed by atoms with Gasteiger partial charge in [0.25, 0.3) is 0 Å². The van der Waals surface area contributed by atoms with Gasteiger partial charge in [-0.2, -0.15) is 0 Å². The van der Waals surface area contributed by atoms with Gasteiger partial charge in [0, 0.05) is 36.8 Å². The molecule has 130 valence electrons. The standard InChI is InChI=1S/C17H22ClN3O3/c1-3-19-15(22)11-20(4-2)17(24)12-8-16(23)21(10-12)14-7-5-6-13(18)9-14/h5-7,9,12H,3-4,8,10-11H2,1-2H3,(H,19,22). The molecular weight excluding hydrogens is 330 g/mol. The summed E-state index contributed by atoms with van der Waals surface area (Å²) < 4.78 is 0. The molecule has 1 aromatic carbocycles. The van der Waals surface area contributed by atoms with Crippen LogP contribution in [0, 0.1) is 5.92 Å². The molecule has 0 saturated carbocycles. The first kappa shape index (κ1) is 18.3. The molecule has 0 aliphatic carbocycles. The number of benzene rings is 1. The van der Waals surface area contributed by atoms with E-state index in [1.54, 1.807) is 29.2 Å². The van der Waals surface area contributed by atoms with Gasteiger partial charge >= 0.3 is 0 Å². The lowest BCUT2D eigenvalue weighted by atomic mass is 10.1. The topological polar surface area (TPSA) is 69.7 Å². The average molecular weight is 352 g/mol. The van der Waals surface area contributed by atoms with Crippen molar-refractivity contribution >= 4 is 35.0 Å². The molecule has 7 heteroatoms. The zero-order chi connectivity index (χ0) is 17.7. The summed E-state index contributed by atoms with van der Waals surface area (Å²) in [6.45, 7) is 4.93. The van der Waals surface area contributed by atoms with E-state index < -0.39 is 5.92 Å². The summed E-state index contributed by atoms with van der Waals surface area (Å²) in [5.74, 6) is -0.902. The van der Waals surface area contributed by atoms with Crippen molar-refractivity contribution in [2.24, 2.45) is 5.92 Å². The molecule has 1 atom stereocenters. The molecule has 1 aliphatic rings. The van der Waals surface area contributed by atoms with Crippen LogP contribution in [0.3, 0.4) is 0 Å². The summed E-state index contributed by atoms with van der Waals surface area (Å²) in [5.41, 5.74) is 0.689. The van der Waals surface area contributed by atoms with E-state index in [-0.39, 0.29) is 30.7 Å². The number of nitrogens with one attached hydrogen (secondary N) is 1. The summed E-state index contributed by atoms with van der Waals surface area (Å²) in [4.78, 5) is 39.7. The van der Waals surface area contributed by atoms with Gasteiger partial charge < -0.3 is 15.1 Å². The van der Waals surface area contributed by atoms with Crippen LogP contribution < -0.4 is 10.2 Å². The van der Waals surface area contributed by atoms with Crippen LogP contribution in [0.1, 0.15) is 20.3 Å². The summed E-state index contributed by atoms with van der Waals surface area (Å²) in [6.07, 6.45) is 0.150. The highest BCUT2D eigenvalue weighted by Gasteiger charge is 2.37. The van der Waals surface area contributed by atoms with Crippen molar-refractivity contribution in [3.63, 3.8) is 0 Å². The van der Waals surface area contributed by atoms with Crippen LogP contribution in [0.15, 0.2) is 24.3 Å². The Bertz CT molecular complexity index is 635. The minimum Gasteiger partial charge on any atom is -0.355 e. The number of carbonyl (C=O) groups excluding carboxylic acids is 3. The fourth-order valence-corrected chi connectivity index (χ4v) is 2.98. The monoisotopic (exact) mass is 351 g/mol. The van der Waals surface area contributed by atoms with Crippen LogP contribution in [-0.2, 0) is 14.4 Å². The lowest BCUT2D eigenvalue weighted by molar-refractivity contribution is -0.139. The van der Waals surface area contributed by atoms with E-state index in [0.29, 0.717) is 30.3 Å². The largest absolute Gasteiger partial charge is 0.355 e. The van der Waals surface area contributed by atoms with Crippen LogP contribution in [0.4, 0.5) is 5.69 Å². The third kappa shape index (κ3) is 4.26. The summed E-state index contributed by atoms with van der Waals surface area (Å²) in [5, 5.41) is 3.22. The maximum atomic E-state index is 12.6. The van der Waals surface area contributed by atoms with Crippen LogP contribution >= 0.6 is 11.6 Å². The number of amides is 3. The SMILES string of the molecule is CCNC(=O)CN(CC)C(=O)C1CC(=O)N(c2cccc(Cl)c2)C1. The van der Waals surface area contributed by atoms with E-state index in [0.717, 1.165) is 0 Å². The molecule has 2 rings (SSSR count). The first-order valence-corrected chi connectivity index (χ1v) is 8.45. The summed E-state index contributed by atoms with van der Waals surface area (Å²) in [7, 11) is 0. The zero-order valence-electron chi connectivity index (χ0n) is 13.9. The molecule has 1 heterocycles. The molecular formula is C17H22ClN3O3. The molecule has 24 heavy (non-hydrogen) atoms. The van der Waals surface area contributed by atoms with Gasteiger partial charge in [0.15, 0.2) is 0 Å². The Morgan fingerprint density at radius 3 is 2.75 bits per heavy atom. The van der Waals surface area contributed by atoms with Crippen molar-refractivity contribution in [2.45, 2.75) is 20.3 Å². The quantitative estimate of drug-likeness (QED) is 0.847. The molecule has 1 saturated heterocycles. The fraction of sp³-hybridized carbons (Fsp3) is 0.471. The third-order valence-corrected chi connectivity index (χ3v) is 4.23. The Morgan fingerprint density at radius 2 is 2.12 bits per heavy atom. The molecule has 0 spiro atoms. The van der Waals surface area contributed by atoms with Gasteiger partial charge in [0.2, 0.25) is 17.7 Å². The average Bonchev–Trinajstić information content (AvgIpc) is 2.94. The molecule has 1 aromatic rings. The predicted octanol–water partition coefficient (Wildman–Crippen LogP) is 1.68. The molecule has 0 radical (unpaired) electrons. The fourth-order valence-electron chi connectivity index (χ4n) is 2.80. The number of likely N-dealkylation sites (N-methyl/N-ethyl adjacent to an activating group) is 2. The molecule has 1 unspecified atom stereocenters. The normalized spacial score (nSPS) is 17.0. The van der Waals surface area contributed by atoms with Crippen LogP contribution in [0.5, 0.6) is 0 Å². The van der Waals surface area contributed by atoms with E-state index in [2.05, 4.69) is 5.32 Å². The lowest BCUT2D eigenvalue weighted by Gasteiger charge is -2.23. The number of halogens is 1. The van der Waals surface area contributed by atoms with Crippen LogP contribution in [0.25, 0.3) is 0 Å². The van der Waals surface area contributed by atoms with Gasteiger partial charge in [-0.05, 0) is 32.0 Å². The van der Waals surface area contributed by atoms with Crippen LogP contribution in [0.2, 0.25) is 5.02 Å². The molecule has 1 N–H and O–H groups in total. The van der Waals surface area contributed by atoms with E-state index in [1.165, 1.54) is 4.90 Å². The molecule has 0 bridgehead atoms. The van der Waals surface area contributed by atoms with E-state index >= 15 is 0 Å². The number of hydrogen-bond donors (Lipinski definition) is 1. The van der Waals surface area contributed by atoms with E-state index in [1.807, 2.05) is 13.8 Å². The van der Waals surface area contributed by atoms with Crippen LogP contribution in [-0.4, -0.2) is 48.8 Å². The molecule has 0 aromatic heterocycles. The van der Waals surface area contributed by atoms with Crippen molar-refractivity contribution in [1.82, 2.24) is 10.2 Å². The highest BCUT2D eigenvalue weighted by atomic mass is 35.5. The molecule has 1 aliphatic heterocycles. The van der Waals surface area contributed by atoms with Gasteiger partial charge in [-0.15, -0.1) is 0 Å². The Labute approximate surface area is 146 Å². The molecule has 3 amide bonds. The third-order valence-electron chi connectivity index (χ3n) is 4.00. The summed E-state index contributed by atoms with van der Waals surface area (Å²) >= 11 is 5.97. The Morgan fingerprint density at radius 1 is 1.38 bits per heavy atom. The second kappa shape index (κ2) is 8.15. The maximum absolute atomic E-state index is 12.6. The van der Waals surface area contributed by atoms with E-state index in [4.69, 9.17) is 11.6 Å². The van der Waals surface area contributed by atoms with Gasteiger partial charge in [-0.1, -0.05) is 17.7 Å². The predicted molar refractivity (Wildman–Crippen MR) is 92.8 cm³/mol. The second-order valence-corrected chi connectivity index (χ2v) is 6.13. The second-order valence-electron chi connectivity index (χ2n) is 5.69. The van der Waals surface area contributed by atoms with Crippen molar-refractivity contribution in [3.8, 4) is 0 Å². The maximum Gasteiger partial charge on any atom is 0.239 e. The minimum absolute atomic E-state index is 0.0189. The van der Waals surface area contributed by atoms with Gasteiger partial charge in [0.05, 0.1) is 12.5 Å². The smallest absolute Gasteiger partial charge is 0.239 e. The van der Waals surface area contributed by atoms with Crippen molar-refractivity contribution < 1.29 is 14.4 Å². The zero-order valence-corrected chi connectivity index (χ0v) is 14.7. The van der Waals surface area contributed by atoms with Crippen molar-refractivity contribution in [2.75, 3.05) is 31.1 Å². The number of carbonyl (C=O) groups is 3. The van der Waals surface area contributed by atoms with Gasteiger partial charge in [-0.25, -0.2) is 0 Å². The van der Waals surface area contributed by atoms with Crippen molar-refractivity contribution in [3.05, 3.63) is 29.3 Å². The Balaban J connectivity index is 2.06.